The van der Waals surface area contributed by atoms with Crippen LogP contribution in [0.25, 0.3) is 11.3 Å². The third kappa shape index (κ3) is 5.13. The molecule has 0 bridgehead atoms. The Morgan fingerprint density at radius 2 is 2.07 bits per heavy atom. The first kappa shape index (κ1) is 19.5. The topological polar surface area (TPSA) is 90.1 Å². The molecule has 2 aromatic heterocycles. The zero-order valence-corrected chi connectivity index (χ0v) is 16.3. The molecule has 0 radical (unpaired) electrons. The molecule has 27 heavy (non-hydrogen) atoms. The van der Waals surface area contributed by atoms with E-state index in [1.54, 1.807) is 7.11 Å². The van der Waals surface area contributed by atoms with Crippen molar-refractivity contribution in [1.29, 1.82) is 0 Å². The fourth-order valence-corrected chi connectivity index (χ4v) is 3.66. The highest BCUT2D eigenvalue weighted by molar-refractivity contribution is 5.75. The number of methoxy groups -OCH3 is 1. The van der Waals surface area contributed by atoms with Crippen LogP contribution >= 0.6 is 0 Å². The van der Waals surface area contributed by atoms with E-state index in [1.165, 1.54) is 0 Å². The average Bonchev–Trinajstić information content (AvgIpc) is 3.11. The minimum atomic E-state index is 0.0633. The van der Waals surface area contributed by atoms with Crippen LogP contribution in [0.1, 0.15) is 55.2 Å². The van der Waals surface area contributed by atoms with Crippen molar-refractivity contribution in [3.63, 3.8) is 0 Å². The minimum Gasteiger partial charge on any atom is -0.384 e. The van der Waals surface area contributed by atoms with Gasteiger partial charge in [-0.3, -0.25) is 4.79 Å². The van der Waals surface area contributed by atoms with Crippen LogP contribution in [0, 0.1) is 19.8 Å². The minimum absolute atomic E-state index is 0.0633. The molecule has 7 nitrogen and oxygen atoms in total. The lowest BCUT2D eigenvalue weighted by molar-refractivity contribution is -0.122. The molecule has 1 fully saturated rings. The van der Waals surface area contributed by atoms with E-state index in [0.29, 0.717) is 24.9 Å². The van der Waals surface area contributed by atoms with Gasteiger partial charge in [0.05, 0.1) is 23.6 Å². The lowest BCUT2D eigenvalue weighted by Crippen LogP contribution is -2.31. The molecule has 146 valence electrons. The Balaban J connectivity index is 1.61. The molecule has 0 spiro atoms. The Hall–Kier alpha value is -2.28. The van der Waals surface area contributed by atoms with Crippen LogP contribution in [0.5, 0.6) is 0 Å². The number of ether oxygens (including phenoxy) is 1. The molecule has 7 heteroatoms. The summed E-state index contributed by atoms with van der Waals surface area (Å²) in [6, 6.07) is 1.93. The molecule has 0 atom stereocenters. The summed E-state index contributed by atoms with van der Waals surface area (Å²) in [5.74, 6) is 2.47. The van der Waals surface area contributed by atoms with Crippen molar-refractivity contribution >= 4 is 5.91 Å². The van der Waals surface area contributed by atoms with Gasteiger partial charge >= 0.3 is 0 Å². The zero-order chi connectivity index (χ0) is 19.2. The second-order valence-electron chi connectivity index (χ2n) is 7.31. The molecule has 0 aromatic carbocycles. The molecule has 1 aliphatic carbocycles. The number of hydrogen-bond donors (Lipinski definition) is 1. The van der Waals surface area contributed by atoms with E-state index in [9.17, 15) is 4.79 Å². The highest BCUT2D eigenvalue weighted by Gasteiger charge is 2.27. The van der Waals surface area contributed by atoms with E-state index in [-0.39, 0.29) is 5.91 Å². The number of rotatable bonds is 7. The first-order valence-corrected chi connectivity index (χ1v) is 9.59. The van der Waals surface area contributed by atoms with E-state index < -0.39 is 0 Å². The SMILES string of the molecule is COCCC(=O)NCC1CCC(c2nc(C)ncc2-c2cc(C)no2)CC1. The Labute approximate surface area is 159 Å². The van der Waals surface area contributed by atoms with Crippen molar-refractivity contribution in [2.24, 2.45) is 5.92 Å². The molecule has 0 unspecified atom stereocenters. The molecule has 1 N–H and O–H groups in total. The van der Waals surface area contributed by atoms with Gasteiger partial charge in [0.1, 0.15) is 5.82 Å². The second-order valence-corrected chi connectivity index (χ2v) is 7.31. The summed E-state index contributed by atoms with van der Waals surface area (Å²) in [4.78, 5) is 20.8. The van der Waals surface area contributed by atoms with Gasteiger partial charge in [-0.1, -0.05) is 5.16 Å². The Morgan fingerprint density at radius 3 is 2.74 bits per heavy atom. The maximum absolute atomic E-state index is 11.7. The van der Waals surface area contributed by atoms with Crippen LogP contribution in [0.2, 0.25) is 0 Å². The standard InChI is InChI=1S/C20H28N4O3/c1-13-10-18(27-24-13)17-12-21-14(2)23-20(17)16-6-4-15(5-7-16)11-22-19(25)8-9-26-3/h10,12,15-16H,4-9,11H2,1-3H3,(H,22,25). The van der Waals surface area contributed by atoms with E-state index in [0.717, 1.165) is 60.8 Å². The predicted molar refractivity (Wildman–Crippen MR) is 101 cm³/mol. The summed E-state index contributed by atoms with van der Waals surface area (Å²) in [5.41, 5.74) is 2.85. The summed E-state index contributed by atoms with van der Waals surface area (Å²) in [6.45, 7) is 5.04. The number of aromatic nitrogens is 3. The second kappa shape index (κ2) is 9.08. The van der Waals surface area contributed by atoms with Gasteiger partial charge in [-0.15, -0.1) is 0 Å². The lowest BCUT2D eigenvalue weighted by Gasteiger charge is -2.29. The van der Waals surface area contributed by atoms with Gasteiger partial charge in [-0.05, 0) is 45.4 Å². The van der Waals surface area contributed by atoms with Crippen LogP contribution in [-0.2, 0) is 9.53 Å². The highest BCUT2D eigenvalue weighted by Crippen LogP contribution is 2.38. The van der Waals surface area contributed by atoms with E-state index in [1.807, 2.05) is 26.1 Å². The van der Waals surface area contributed by atoms with Gasteiger partial charge in [0, 0.05) is 38.3 Å². The Bertz CT molecular complexity index is 766. The van der Waals surface area contributed by atoms with Gasteiger partial charge in [0.25, 0.3) is 0 Å². The summed E-state index contributed by atoms with van der Waals surface area (Å²) < 4.78 is 10.4. The number of carbonyl (C=O) groups excluding carboxylic acids is 1. The third-order valence-corrected chi connectivity index (χ3v) is 5.19. The van der Waals surface area contributed by atoms with Crippen molar-refractivity contribution in [3.8, 4) is 11.3 Å². The molecule has 0 aliphatic heterocycles. The van der Waals surface area contributed by atoms with Gasteiger partial charge in [-0.2, -0.15) is 0 Å². The molecular weight excluding hydrogens is 344 g/mol. The zero-order valence-electron chi connectivity index (χ0n) is 16.3. The van der Waals surface area contributed by atoms with E-state index in [4.69, 9.17) is 14.2 Å². The summed E-state index contributed by atoms with van der Waals surface area (Å²) in [6.07, 6.45) is 6.52. The number of aryl methyl sites for hydroxylation is 2. The van der Waals surface area contributed by atoms with Crippen molar-refractivity contribution in [1.82, 2.24) is 20.4 Å². The number of nitrogens with one attached hydrogen (secondary N) is 1. The number of hydrogen-bond acceptors (Lipinski definition) is 6. The highest BCUT2D eigenvalue weighted by atomic mass is 16.5. The Morgan fingerprint density at radius 1 is 1.30 bits per heavy atom. The maximum Gasteiger partial charge on any atom is 0.222 e. The number of carbonyl (C=O) groups is 1. The van der Waals surface area contributed by atoms with Gasteiger partial charge in [0.15, 0.2) is 5.76 Å². The van der Waals surface area contributed by atoms with E-state index in [2.05, 4.69) is 15.5 Å². The monoisotopic (exact) mass is 372 g/mol. The van der Waals surface area contributed by atoms with Gasteiger partial charge < -0.3 is 14.6 Å². The van der Waals surface area contributed by atoms with E-state index >= 15 is 0 Å². The van der Waals surface area contributed by atoms with Crippen molar-refractivity contribution in [2.45, 2.75) is 51.9 Å². The first-order valence-electron chi connectivity index (χ1n) is 9.59. The molecule has 1 amide bonds. The van der Waals surface area contributed by atoms with Crippen LogP contribution in [0.15, 0.2) is 16.8 Å². The largest absolute Gasteiger partial charge is 0.384 e. The fraction of sp³-hybridized carbons (Fsp3) is 0.600. The molecule has 0 saturated heterocycles. The van der Waals surface area contributed by atoms with Gasteiger partial charge in [0.2, 0.25) is 5.91 Å². The van der Waals surface area contributed by atoms with Crippen LogP contribution in [0.4, 0.5) is 0 Å². The quantitative estimate of drug-likeness (QED) is 0.803. The molecule has 3 rings (SSSR count). The van der Waals surface area contributed by atoms with Crippen LogP contribution < -0.4 is 5.32 Å². The number of nitrogens with zero attached hydrogens (tertiary/aromatic N) is 3. The summed E-state index contributed by atoms with van der Waals surface area (Å²) >= 11 is 0. The fourth-order valence-electron chi connectivity index (χ4n) is 3.66. The first-order chi connectivity index (χ1) is 13.1. The van der Waals surface area contributed by atoms with Crippen molar-refractivity contribution in [2.75, 3.05) is 20.3 Å². The predicted octanol–water partition coefficient (Wildman–Crippen LogP) is 3.17. The maximum atomic E-state index is 11.7. The molecule has 1 saturated carbocycles. The van der Waals surface area contributed by atoms with Crippen LogP contribution in [-0.4, -0.2) is 41.3 Å². The molecular formula is C20H28N4O3. The molecule has 2 heterocycles. The normalized spacial score (nSPS) is 19.8. The van der Waals surface area contributed by atoms with Crippen LogP contribution in [0.3, 0.4) is 0 Å². The Kier molecular flexibility index (Phi) is 6.55. The average molecular weight is 372 g/mol. The van der Waals surface area contributed by atoms with Crippen molar-refractivity contribution in [3.05, 3.63) is 29.5 Å². The molecule has 1 aliphatic rings. The van der Waals surface area contributed by atoms with Crippen molar-refractivity contribution < 1.29 is 14.1 Å². The smallest absolute Gasteiger partial charge is 0.222 e. The lowest BCUT2D eigenvalue weighted by atomic mass is 9.79. The third-order valence-electron chi connectivity index (χ3n) is 5.19. The number of amides is 1. The molecule has 2 aromatic rings. The summed E-state index contributed by atoms with van der Waals surface area (Å²) in [5, 5.41) is 7.02. The summed E-state index contributed by atoms with van der Waals surface area (Å²) in [7, 11) is 1.61. The van der Waals surface area contributed by atoms with Gasteiger partial charge in [-0.25, -0.2) is 9.97 Å².